The fourth-order valence-electron chi connectivity index (χ4n) is 1.10. The quantitative estimate of drug-likeness (QED) is 0.515. The average Bonchev–Trinajstić information content (AvgIpc) is 2.18. The number of carbonyl (C=O) groups excluding carboxylic acids is 1. The van der Waals surface area contributed by atoms with Gasteiger partial charge < -0.3 is 16.2 Å². The molecule has 0 saturated heterocycles. The molecule has 4 N–H and O–H groups in total. The summed E-state index contributed by atoms with van der Waals surface area (Å²) >= 11 is 0. The number of carboxylic acid groups (broad SMARTS) is 1. The van der Waals surface area contributed by atoms with E-state index in [1.165, 1.54) is 0 Å². The standard InChI is InChI=1S/C10H20N2O3/c1-2-3-7-12-9(13)6-4-5-8(11)10(14)15/h8H,2-7,11H2,1H3,(H,12,13)(H,14,15)/t8-/m0/s1. The molecule has 0 spiro atoms. The maximum atomic E-state index is 11.2. The monoisotopic (exact) mass is 216 g/mol. The minimum atomic E-state index is -1.01. The Hall–Kier alpha value is -1.10. The van der Waals surface area contributed by atoms with Crippen LogP contribution in [0.25, 0.3) is 0 Å². The van der Waals surface area contributed by atoms with Crippen molar-refractivity contribution in [3.8, 4) is 0 Å². The molecule has 0 heterocycles. The minimum Gasteiger partial charge on any atom is -0.480 e. The van der Waals surface area contributed by atoms with Gasteiger partial charge in [0, 0.05) is 13.0 Å². The van der Waals surface area contributed by atoms with Gasteiger partial charge in [-0.15, -0.1) is 0 Å². The summed E-state index contributed by atoms with van der Waals surface area (Å²) in [5.74, 6) is -1.04. The second kappa shape index (κ2) is 8.23. The molecule has 0 aromatic heterocycles. The van der Waals surface area contributed by atoms with E-state index in [4.69, 9.17) is 10.8 Å². The molecule has 15 heavy (non-hydrogen) atoms. The zero-order valence-corrected chi connectivity index (χ0v) is 9.16. The molecule has 88 valence electrons. The Bertz CT molecular complexity index is 207. The van der Waals surface area contributed by atoms with Crippen LogP contribution in [0.2, 0.25) is 0 Å². The first kappa shape index (κ1) is 13.9. The second-order valence-corrected chi connectivity index (χ2v) is 3.54. The zero-order valence-electron chi connectivity index (χ0n) is 9.16. The number of amides is 1. The van der Waals surface area contributed by atoms with E-state index in [-0.39, 0.29) is 5.91 Å². The van der Waals surface area contributed by atoms with E-state index >= 15 is 0 Å². The van der Waals surface area contributed by atoms with Gasteiger partial charge in [-0.3, -0.25) is 9.59 Å². The molecular formula is C10H20N2O3. The van der Waals surface area contributed by atoms with Gasteiger partial charge >= 0.3 is 5.97 Å². The van der Waals surface area contributed by atoms with Crippen molar-refractivity contribution in [1.82, 2.24) is 5.32 Å². The van der Waals surface area contributed by atoms with Crippen LogP contribution < -0.4 is 11.1 Å². The van der Waals surface area contributed by atoms with Crippen molar-refractivity contribution in [2.24, 2.45) is 5.73 Å². The Labute approximate surface area is 90.0 Å². The minimum absolute atomic E-state index is 0.0268. The molecule has 0 aromatic rings. The fourth-order valence-corrected chi connectivity index (χ4v) is 1.10. The van der Waals surface area contributed by atoms with Crippen molar-refractivity contribution in [3.63, 3.8) is 0 Å². The molecular weight excluding hydrogens is 196 g/mol. The van der Waals surface area contributed by atoms with Crippen molar-refractivity contribution in [1.29, 1.82) is 0 Å². The second-order valence-electron chi connectivity index (χ2n) is 3.54. The maximum absolute atomic E-state index is 11.2. The third kappa shape index (κ3) is 7.93. The smallest absolute Gasteiger partial charge is 0.320 e. The molecule has 1 atom stereocenters. The van der Waals surface area contributed by atoms with Crippen LogP contribution in [0.5, 0.6) is 0 Å². The lowest BCUT2D eigenvalue weighted by Gasteiger charge is -2.06. The zero-order chi connectivity index (χ0) is 11.7. The van der Waals surface area contributed by atoms with E-state index in [2.05, 4.69) is 12.2 Å². The summed E-state index contributed by atoms with van der Waals surface area (Å²) in [5.41, 5.74) is 5.29. The van der Waals surface area contributed by atoms with Gasteiger partial charge in [0.2, 0.25) is 5.91 Å². The van der Waals surface area contributed by atoms with Crippen molar-refractivity contribution in [2.75, 3.05) is 6.54 Å². The SMILES string of the molecule is CCCCNC(=O)CCC[C@H](N)C(=O)O. The molecule has 0 aliphatic carbocycles. The van der Waals surface area contributed by atoms with E-state index < -0.39 is 12.0 Å². The first-order chi connectivity index (χ1) is 7.07. The molecule has 0 aliphatic rings. The maximum Gasteiger partial charge on any atom is 0.320 e. The van der Waals surface area contributed by atoms with E-state index in [1.807, 2.05) is 0 Å². The van der Waals surface area contributed by atoms with Crippen LogP contribution in [0.4, 0.5) is 0 Å². The van der Waals surface area contributed by atoms with Gasteiger partial charge in [-0.05, 0) is 19.3 Å². The molecule has 1 amide bonds. The number of unbranched alkanes of at least 4 members (excludes halogenated alkanes) is 1. The van der Waals surface area contributed by atoms with Gasteiger partial charge in [-0.1, -0.05) is 13.3 Å². The molecule has 0 saturated carbocycles. The summed E-state index contributed by atoms with van der Waals surface area (Å²) < 4.78 is 0. The Morgan fingerprint density at radius 3 is 2.60 bits per heavy atom. The summed E-state index contributed by atoms with van der Waals surface area (Å²) in [6.45, 7) is 2.75. The Morgan fingerprint density at radius 1 is 1.40 bits per heavy atom. The number of nitrogens with two attached hydrogens (primary N) is 1. The lowest BCUT2D eigenvalue weighted by atomic mass is 10.1. The number of carbonyl (C=O) groups is 2. The lowest BCUT2D eigenvalue weighted by molar-refractivity contribution is -0.138. The number of rotatable bonds is 8. The van der Waals surface area contributed by atoms with Gasteiger partial charge in [0.25, 0.3) is 0 Å². The number of hydrogen-bond donors (Lipinski definition) is 3. The molecule has 5 nitrogen and oxygen atoms in total. The summed E-state index contributed by atoms with van der Waals surface area (Å²) in [4.78, 5) is 21.5. The molecule has 0 radical (unpaired) electrons. The summed E-state index contributed by atoms with van der Waals surface area (Å²) in [6, 6.07) is -0.853. The molecule has 0 unspecified atom stereocenters. The van der Waals surface area contributed by atoms with E-state index in [9.17, 15) is 9.59 Å². The molecule has 5 heteroatoms. The van der Waals surface area contributed by atoms with Gasteiger partial charge in [0.1, 0.15) is 6.04 Å². The van der Waals surface area contributed by atoms with Crippen molar-refractivity contribution in [3.05, 3.63) is 0 Å². The van der Waals surface area contributed by atoms with E-state index in [0.717, 1.165) is 12.8 Å². The van der Waals surface area contributed by atoms with Crippen LogP contribution in [0.15, 0.2) is 0 Å². The summed E-state index contributed by atoms with van der Waals surface area (Å²) in [7, 11) is 0. The normalized spacial score (nSPS) is 12.1. The van der Waals surface area contributed by atoms with E-state index in [0.29, 0.717) is 25.8 Å². The topological polar surface area (TPSA) is 92.4 Å². The average molecular weight is 216 g/mol. The van der Waals surface area contributed by atoms with Crippen molar-refractivity contribution < 1.29 is 14.7 Å². The Kier molecular flexibility index (Phi) is 7.62. The highest BCUT2D eigenvalue weighted by molar-refractivity contribution is 5.76. The predicted molar refractivity (Wildman–Crippen MR) is 57.4 cm³/mol. The van der Waals surface area contributed by atoms with Crippen LogP contribution in [0, 0.1) is 0 Å². The number of carboxylic acids is 1. The first-order valence-corrected chi connectivity index (χ1v) is 5.33. The predicted octanol–water partition coefficient (Wildman–Crippen LogP) is 0.485. The number of aliphatic carboxylic acids is 1. The van der Waals surface area contributed by atoms with Crippen LogP contribution in [-0.4, -0.2) is 29.6 Å². The van der Waals surface area contributed by atoms with Gasteiger partial charge in [-0.2, -0.15) is 0 Å². The van der Waals surface area contributed by atoms with Crippen molar-refractivity contribution in [2.45, 2.75) is 45.1 Å². The molecule has 0 aliphatic heterocycles. The first-order valence-electron chi connectivity index (χ1n) is 5.33. The summed E-state index contributed by atoms with van der Waals surface area (Å²) in [5, 5.41) is 11.3. The number of nitrogens with one attached hydrogen (secondary N) is 1. The Morgan fingerprint density at radius 2 is 2.07 bits per heavy atom. The highest BCUT2D eigenvalue weighted by atomic mass is 16.4. The molecule has 0 bridgehead atoms. The Balaban J connectivity index is 3.42. The van der Waals surface area contributed by atoms with Crippen molar-refractivity contribution >= 4 is 11.9 Å². The third-order valence-electron chi connectivity index (χ3n) is 2.09. The van der Waals surface area contributed by atoms with Gasteiger partial charge in [0.15, 0.2) is 0 Å². The van der Waals surface area contributed by atoms with Crippen LogP contribution in [-0.2, 0) is 9.59 Å². The highest BCUT2D eigenvalue weighted by Gasteiger charge is 2.11. The van der Waals surface area contributed by atoms with Crippen LogP contribution in [0.3, 0.4) is 0 Å². The fraction of sp³-hybridized carbons (Fsp3) is 0.800. The van der Waals surface area contributed by atoms with Gasteiger partial charge in [-0.25, -0.2) is 0 Å². The van der Waals surface area contributed by atoms with E-state index in [1.54, 1.807) is 0 Å². The van der Waals surface area contributed by atoms with Crippen LogP contribution in [0.1, 0.15) is 39.0 Å². The summed E-state index contributed by atoms with van der Waals surface area (Å²) in [6.07, 6.45) is 3.23. The van der Waals surface area contributed by atoms with Gasteiger partial charge in [0.05, 0.1) is 0 Å². The highest BCUT2D eigenvalue weighted by Crippen LogP contribution is 1.99. The third-order valence-corrected chi connectivity index (χ3v) is 2.09. The molecule has 0 fully saturated rings. The number of hydrogen-bond acceptors (Lipinski definition) is 3. The lowest BCUT2D eigenvalue weighted by Crippen LogP contribution is -2.30. The van der Waals surface area contributed by atoms with Crippen LogP contribution >= 0.6 is 0 Å². The molecule has 0 aromatic carbocycles. The molecule has 0 rings (SSSR count). The largest absolute Gasteiger partial charge is 0.480 e.